The predicted octanol–water partition coefficient (Wildman–Crippen LogP) is 1.43. The number of carbonyl (C=O) groups excluding carboxylic acids is 1. The van der Waals surface area contributed by atoms with E-state index in [2.05, 4.69) is 4.98 Å². The van der Waals surface area contributed by atoms with Gasteiger partial charge < -0.3 is 0 Å². The number of ketones is 1. The van der Waals surface area contributed by atoms with Gasteiger partial charge in [0.1, 0.15) is 11.5 Å². The topological polar surface area (TPSA) is 73.1 Å². The van der Waals surface area contributed by atoms with Crippen molar-refractivity contribution in [3.05, 3.63) is 33.6 Å². The fourth-order valence-corrected chi connectivity index (χ4v) is 1.11. The van der Waals surface area contributed by atoms with Crippen LogP contribution in [0.1, 0.15) is 18.2 Å². The lowest BCUT2D eigenvalue weighted by molar-refractivity contribution is -0.385. The third kappa shape index (κ3) is 2.35. The minimum absolute atomic E-state index is 0.0105. The SMILES string of the molecule is CC(=O)Cc1ncc(C)cc1[N+](=O)[O-]. The average Bonchev–Trinajstić information content (AvgIpc) is 2.07. The molecule has 1 aromatic heterocycles. The lowest BCUT2D eigenvalue weighted by Crippen LogP contribution is -2.04. The smallest absolute Gasteiger partial charge is 0.291 e. The summed E-state index contributed by atoms with van der Waals surface area (Å²) in [5.41, 5.74) is 0.859. The maximum atomic E-state index is 10.8. The van der Waals surface area contributed by atoms with Crippen LogP contribution in [0.2, 0.25) is 0 Å². The molecule has 0 amide bonds. The predicted molar refractivity (Wildman–Crippen MR) is 50.0 cm³/mol. The first-order chi connectivity index (χ1) is 6.50. The summed E-state index contributed by atoms with van der Waals surface area (Å²) >= 11 is 0. The fraction of sp³-hybridized carbons (Fsp3) is 0.333. The molecule has 0 atom stereocenters. The molecule has 1 aromatic rings. The zero-order valence-electron chi connectivity index (χ0n) is 7.98. The molecular formula is C9H10N2O3. The minimum Gasteiger partial charge on any atom is -0.300 e. The van der Waals surface area contributed by atoms with Gasteiger partial charge >= 0.3 is 0 Å². The highest BCUT2D eigenvalue weighted by atomic mass is 16.6. The Labute approximate surface area is 80.9 Å². The summed E-state index contributed by atoms with van der Waals surface area (Å²) in [5, 5.41) is 10.6. The summed E-state index contributed by atoms with van der Waals surface area (Å²) in [4.78, 5) is 24.8. The molecule has 0 bridgehead atoms. The zero-order valence-corrected chi connectivity index (χ0v) is 7.98. The van der Waals surface area contributed by atoms with E-state index in [0.717, 1.165) is 0 Å². The van der Waals surface area contributed by atoms with Crippen LogP contribution in [0.3, 0.4) is 0 Å². The number of nitro groups is 1. The van der Waals surface area contributed by atoms with Crippen molar-refractivity contribution in [2.75, 3.05) is 0 Å². The maximum absolute atomic E-state index is 10.8. The van der Waals surface area contributed by atoms with Gasteiger partial charge in [0, 0.05) is 12.3 Å². The van der Waals surface area contributed by atoms with Crippen molar-refractivity contribution in [2.24, 2.45) is 0 Å². The highest BCUT2D eigenvalue weighted by molar-refractivity contribution is 5.78. The molecular weight excluding hydrogens is 184 g/mol. The number of aryl methyl sites for hydroxylation is 1. The molecule has 74 valence electrons. The second-order valence-corrected chi connectivity index (χ2v) is 3.11. The Bertz CT molecular complexity index is 388. The van der Waals surface area contributed by atoms with Crippen LogP contribution in [0.4, 0.5) is 5.69 Å². The van der Waals surface area contributed by atoms with Gasteiger partial charge in [-0.15, -0.1) is 0 Å². The summed E-state index contributed by atoms with van der Waals surface area (Å²) in [6.07, 6.45) is 1.53. The summed E-state index contributed by atoms with van der Waals surface area (Å²) in [6, 6.07) is 1.42. The minimum atomic E-state index is -0.516. The van der Waals surface area contributed by atoms with Crippen LogP contribution in [-0.4, -0.2) is 15.7 Å². The van der Waals surface area contributed by atoms with E-state index in [1.807, 2.05) is 0 Å². The lowest BCUT2D eigenvalue weighted by atomic mass is 10.1. The first kappa shape index (κ1) is 10.3. The van der Waals surface area contributed by atoms with Gasteiger partial charge in [-0.25, -0.2) is 0 Å². The van der Waals surface area contributed by atoms with Gasteiger partial charge in [-0.2, -0.15) is 0 Å². The van der Waals surface area contributed by atoms with E-state index in [-0.39, 0.29) is 23.6 Å². The van der Waals surface area contributed by atoms with Crippen LogP contribution < -0.4 is 0 Å². The Morgan fingerprint density at radius 2 is 2.29 bits per heavy atom. The fourth-order valence-electron chi connectivity index (χ4n) is 1.11. The van der Waals surface area contributed by atoms with Crippen molar-refractivity contribution in [2.45, 2.75) is 20.3 Å². The largest absolute Gasteiger partial charge is 0.300 e. The number of pyridine rings is 1. The standard InChI is InChI=1S/C9H10N2O3/c1-6-3-9(11(13)14)8(10-5-6)4-7(2)12/h3,5H,4H2,1-2H3. The Hall–Kier alpha value is -1.78. The molecule has 0 aliphatic heterocycles. The number of carbonyl (C=O) groups is 1. The monoisotopic (exact) mass is 194 g/mol. The van der Waals surface area contributed by atoms with E-state index in [9.17, 15) is 14.9 Å². The molecule has 0 unspecified atom stereocenters. The van der Waals surface area contributed by atoms with Crippen molar-refractivity contribution in [3.63, 3.8) is 0 Å². The summed E-state index contributed by atoms with van der Waals surface area (Å²) in [6.45, 7) is 3.10. The van der Waals surface area contributed by atoms with Crippen LogP contribution in [0.15, 0.2) is 12.3 Å². The summed E-state index contributed by atoms with van der Waals surface area (Å²) < 4.78 is 0. The number of hydrogen-bond donors (Lipinski definition) is 0. The van der Waals surface area contributed by atoms with Crippen molar-refractivity contribution in [1.82, 2.24) is 4.98 Å². The average molecular weight is 194 g/mol. The van der Waals surface area contributed by atoms with Gasteiger partial charge in [0.15, 0.2) is 0 Å². The van der Waals surface area contributed by atoms with Crippen LogP contribution >= 0.6 is 0 Å². The first-order valence-corrected chi connectivity index (χ1v) is 4.10. The van der Waals surface area contributed by atoms with Gasteiger partial charge in [0.25, 0.3) is 5.69 Å². The third-order valence-corrected chi connectivity index (χ3v) is 1.70. The molecule has 0 aromatic carbocycles. The van der Waals surface area contributed by atoms with E-state index >= 15 is 0 Å². The number of nitrogens with zero attached hydrogens (tertiary/aromatic N) is 2. The van der Waals surface area contributed by atoms with Crippen LogP contribution in [-0.2, 0) is 11.2 Å². The van der Waals surface area contributed by atoms with Crippen molar-refractivity contribution in [1.29, 1.82) is 0 Å². The van der Waals surface area contributed by atoms with Crippen molar-refractivity contribution < 1.29 is 9.72 Å². The van der Waals surface area contributed by atoms with E-state index < -0.39 is 4.92 Å². The highest BCUT2D eigenvalue weighted by Crippen LogP contribution is 2.17. The van der Waals surface area contributed by atoms with Crippen LogP contribution in [0.25, 0.3) is 0 Å². The van der Waals surface area contributed by atoms with E-state index in [1.54, 1.807) is 6.92 Å². The van der Waals surface area contributed by atoms with E-state index in [4.69, 9.17) is 0 Å². The molecule has 1 heterocycles. The molecule has 0 aliphatic rings. The van der Waals surface area contributed by atoms with E-state index in [1.165, 1.54) is 19.2 Å². The van der Waals surface area contributed by atoms with Crippen molar-refractivity contribution >= 4 is 11.5 Å². The highest BCUT2D eigenvalue weighted by Gasteiger charge is 2.16. The quantitative estimate of drug-likeness (QED) is 0.539. The molecule has 14 heavy (non-hydrogen) atoms. The number of hydrogen-bond acceptors (Lipinski definition) is 4. The Morgan fingerprint density at radius 1 is 1.64 bits per heavy atom. The molecule has 0 saturated heterocycles. The van der Waals surface area contributed by atoms with Gasteiger partial charge in [-0.3, -0.25) is 19.9 Å². The number of Topliss-reactive ketones (excluding diaryl/α,β-unsaturated/α-hetero) is 1. The third-order valence-electron chi connectivity index (χ3n) is 1.70. The Balaban J connectivity index is 3.14. The molecule has 0 radical (unpaired) electrons. The van der Waals surface area contributed by atoms with Crippen LogP contribution in [0.5, 0.6) is 0 Å². The molecule has 0 spiro atoms. The summed E-state index contributed by atoms with van der Waals surface area (Å²) in [5.74, 6) is -0.135. The first-order valence-electron chi connectivity index (χ1n) is 4.10. The Morgan fingerprint density at radius 3 is 2.79 bits per heavy atom. The van der Waals surface area contributed by atoms with Crippen LogP contribution in [0, 0.1) is 17.0 Å². The second-order valence-electron chi connectivity index (χ2n) is 3.11. The van der Waals surface area contributed by atoms with Gasteiger partial charge in [0.2, 0.25) is 0 Å². The normalized spacial score (nSPS) is 9.86. The second kappa shape index (κ2) is 3.95. The molecule has 1 rings (SSSR count). The van der Waals surface area contributed by atoms with Crippen molar-refractivity contribution in [3.8, 4) is 0 Å². The number of rotatable bonds is 3. The molecule has 0 saturated carbocycles. The van der Waals surface area contributed by atoms with Gasteiger partial charge in [-0.05, 0) is 19.4 Å². The molecule has 0 fully saturated rings. The number of aromatic nitrogens is 1. The zero-order chi connectivity index (χ0) is 10.7. The lowest BCUT2D eigenvalue weighted by Gasteiger charge is -2.00. The van der Waals surface area contributed by atoms with E-state index in [0.29, 0.717) is 5.56 Å². The van der Waals surface area contributed by atoms with Gasteiger partial charge in [-0.1, -0.05) is 0 Å². The molecule has 5 heteroatoms. The summed E-state index contributed by atoms with van der Waals surface area (Å²) in [7, 11) is 0. The van der Waals surface area contributed by atoms with Gasteiger partial charge in [0.05, 0.1) is 11.3 Å². The molecule has 0 aliphatic carbocycles. The molecule has 5 nitrogen and oxygen atoms in total. The Kier molecular flexibility index (Phi) is 2.91. The molecule has 0 N–H and O–H groups in total. The maximum Gasteiger partial charge on any atom is 0.291 e.